The molecule has 72 valence electrons. The van der Waals surface area contributed by atoms with Gasteiger partial charge in [0.1, 0.15) is 5.66 Å². The molecule has 1 N–H and O–H groups in total. The average molecular weight is 180 g/mol. The third-order valence-electron chi connectivity index (χ3n) is 2.87. The molecule has 1 amide bonds. The van der Waals surface area contributed by atoms with Gasteiger partial charge < -0.3 is 5.32 Å². The van der Waals surface area contributed by atoms with Gasteiger partial charge in [-0.2, -0.15) is 0 Å². The van der Waals surface area contributed by atoms with Crippen molar-refractivity contribution in [1.82, 2.24) is 5.32 Å². The quantitative estimate of drug-likeness (QED) is 0.604. The SMILES string of the molecule is CC1=NC2(CCCCC2)NC(=O)C1. The summed E-state index contributed by atoms with van der Waals surface area (Å²) in [6.45, 7) is 1.95. The molecule has 3 heteroatoms. The zero-order chi connectivity index (χ0) is 9.31. The van der Waals surface area contributed by atoms with E-state index in [2.05, 4.69) is 10.3 Å². The zero-order valence-electron chi connectivity index (χ0n) is 8.10. The summed E-state index contributed by atoms with van der Waals surface area (Å²) in [6.07, 6.45) is 6.20. The van der Waals surface area contributed by atoms with Crippen LogP contribution in [0.2, 0.25) is 0 Å². The number of aliphatic imine (C=N–C) groups is 1. The minimum absolute atomic E-state index is 0.148. The molecule has 0 atom stereocenters. The van der Waals surface area contributed by atoms with Gasteiger partial charge >= 0.3 is 0 Å². The summed E-state index contributed by atoms with van der Waals surface area (Å²) in [7, 11) is 0. The molecule has 1 saturated carbocycles. The lowest BCUT2D eigenvalue weighted by atomic mass is 9.88. The van der Waals surface area contributed by atoms with Crippen molar-refractivity contribution in [1.29, 1.82) is 0 Å². The first kappa shape index (κ1) is 8.73. The number of nitrogens with one attached hydrogen (secondary N) is 1. The van der Waals surface area contributed by atoms with Crippen molar-refractivity contribution >= 4 is 11.6 Å². The highest BCUT2D eigenvalue weighted by atomic mass is 16.2. The molecule has 0 aromatic heterocycles. The van der Waals surface area contributed by atoms with E-state index < -0.39 is 0 Å². The topological polar surface area (TPSA) is 41.5 Å². The molecular weight excluding hydrogens is 164 g/mol. The summed E-state index contributed by atoms with van der Waals surface area (Å²) in [5.41, 5.74) is 0.781. The first-order chi connectivity index (χ1) is 6.20. The standard InChI is InChI=1S/C10H16N2O/c1-8-7-9(13)12-10(11-8)5-3-2-4-6-10/h2-7H2,1H3,(H,12,13). The number of nitrogens with zero attached hydrogens (tertiary/aromatic N) is 1. The van der Waals surface area contributed by atoms with Crippen molar-refractivity contribution in [3.63, 3.8) is 0 Å². The first-order valence-electron chi connectivity index (χ1n) is 5.07. The minimum atomic E-state index is -0.211. The van der Waals surface area contributed by atoms with E-state index in [1.54, 1.807) is 0 Å². The van der Waals surface area contributed by atoms with E-state index in [-0.39, 0.29) is 11.6 Å². The maximum absolute atomic E-state index is 11.4. The Hall–Kier alpha value is -0.860. The highest BCUT2D eigenvalue weighted by Gasteiger charge is 2.35. The van der Waals surface area contributed by atoms with Crippen molar-refractivity contribution in [2.45, 2.75) is 51.1 Å². The van der Waals surface area contributed by atoms with E-state index in [0.29, 0.717) is 6.42 Å². The molecule has 0 aromatic rings. The van der Waals surface area contributed by atoms with Gasteiger partial charge in [-0.15, -0.1) is 0 Å². The molecule has 0 bridgehead atoms. The van der Waals surface area contributed by atoms with Crippen LogP contribution in [-0.2, 0) is 4.79 Å². The van der Waals surface area contributed by atoms with Crippen LogP contribution in [-0.4, -0.2) is 17.3 Å². The Morgan fingerprint density at radius 2 is 2.00 bits per heavy atom. The predicted molar refractivity (Wildman–Crippen MR) is 51.7 cm³/mol. The normalized spacial score (nSPS) is 26.8. The van der Waals surface area contributed by atoms with Crippen molar-refractivity contribution in [2.24, 2.45) is 4.99 Å². The molecule has 1 heterocycles. The summed E-state index contributed by atoms with van der Waals surface area (Å²) in [5, 5.41) is 3.04. The van der Waals surface area contributed by atoms with E-state index >= 15 is 0 Å². The maximum Gasteiger partial charge on any atom is 0.227 e. The molecule has 1 aliphatic heterocycles. The fourth-order valence-electron chi connectivity index (χ4n) is 2.34. The van der Waals surface area contributed by atoms with Crippen molar-refractivity contribution in [3.05, 3.63) is 0 Å². The van der Waals surface area contributed by atoms with Gasteiger partial charge in [0.25, 0.3) is 0 Å². The lowest BCUT2D eigenvalue weighted by Crippen LogP contribution is -2.52. The molecule has 3 nitrogen and oxygen atoms in total. The molecule has 2 rings (SSSR count). The molecule has 0 aromatic carbocycles. The molecular formula is C10H16N2O. The second-order valence-corrected chi connectivity index (χ2v) is 4.16. The zero-order valence-corrected chi connectivity index (χ0v) is 8.10. The van der Waals surface area contributed by atoms with Crippen molar-refractivity contribution in [3.8, 4) is 0 Å². The highest BCUT2D eigenvalue weighted by molar-refractivity contribution is 6.02. The van der Waals surface area contributed by atoms with E-state index in [1.165, 1.54) is 19.3 Å². The summed E-state index contributed by atoms with van der Waals surface area (Å²) >= 11 is 0. The van der Waals surface area contributed by atoms with E-state index in [1.807, 2.05) is 6.92 Å². The lowest BCUT2D eigenvalue weighted by molar-refractivity contribution is -0.122. The number of carbonyl (C=O) groups excluding carboxylic acids is 1. The number of rotatable bonds is 0. The summed E-state index contributed by atoms with van der Waals surface area (Å²) in [5.74, 6) is 0.148. The summed E-state index contributed by atoms with van der Waals surface area (Å²) in [6, 6.07) is 0. The fraction of sp³-hybridized carbons (Fsp3) is 0.800. The number of hydrogen-bond donors (Lipinski definition) is 1. The Kier molecular flexibility index (Phi) is 2.10. The molecule has 1 spiro atoms. The average Bonchev–Trinajstić information content (AvgIpc) is 2.02. The molecule has 1 fully saturated rings. The predicted octanol–water partition coefficient (Wildman–Crippen LogP) is 1.63. The van der Waals surface area contributed by atoms with E-state index in [4.69, 9.17) is 0 Å². The smallest absolute Gasteiger partial charge is 0.227 e. The molecule has 0 saturated heterocycles. The van der Waals surface area contributed by atoms with Gasteiger partial charge in [-0.1, -0.05) is 6.42 Å². The van der Waals surface area contributed by atoms with Gasteiger partial charge in [0, 0.05) is 5.71 Å². The fourth-order valence-corrected chi connectivity index (χ4v) is 2.34. The van der Waals surface area contributed by atoms with Gasteiger partial charge in [0.05, 0.1) is 6.42 Å². The van der Waals surface area contributed by atoms with Gasteiger partial charge in [0.2, 0.25) is 5.91 Å². The van der Waals surface area contributed by atoms with Crippen LogP contribution in [0.15, 0.2) is 4.99 Å². The van der Waals surface area contributed by atoms with Crippen LogP contribution in [0, 0.1) is 0 Å². The minimum Gasteiger partial charge on any atom is -0.331 e. The lowest BCUT2D eigenvalue weighted by Gasteiger charge is -2.37. The monoisotopic (exact) mass is 180 g/mol. The van der Waals surface area contributed by atoms with Crippen LogP contribution in [0.5, 0.6) is 0 Å². The van der Waals surface area contributed by atoms with Crippen LogP contribution < -0.4 is 5.32 Å². The Labute approximate surface area is 78.6 Å². The Morgan fingerprint density at radius 3 is 2.62 bits per heavy atom. The van der Waals surface area contributed by atoms with Crippen LogP contribution in [0.25, 0.3) is 0 Å². The Morgan fingerprint density at radius 1 is 1.31 bits per heavy atom. The van der Waals surface area contributed by atoms with Gasteiger partial charge in [-0.05, 0) is 32.6 Å². The third kappa shape index (κ3) is 1.74. The molecule has 13 heavy (non-hydrogen) atoms. The van der Waals surface area contributed by atoms with Crippen LogP contribution in [0.3, 0.4) is 0 Å². The van der Waals surface area contributed by atoms with E-state index in [0.717, 1.165) is 18.6 Å². The van der Waals surface area contributed by atoms with Crippen LogP contribution >= 0.6 is 0 Å². The second kappa shape index (κ2) is 3.13. The van der Waals surface area contributed by atoms with Crippen molar-refractivity contribution in [2.75, 3.05) is 0 Å². The number of amides is 1. The maximum atomic E-state index is 11.4. The number of carbonyl (C=O) groups is 1. The second-order valence-electron chi connectivity index (χ2n) is 4.16. The largest absolute Gasteiger partial charge is 0.331 e. The molecule has 0 radical (unpaired) electrons. The molecule has 0 unspecified atom stereocenters. The van der Waals surface area contributed by atoms with Gasteiger partial charge in [-0.3, -0.25) is 9.79 Å². The molecule has 2 aliphatic rings. The Balaban J connectivity index is 2.20. The van der Waals surface area contributed by atoms with Crippen LogP contribution in [0.1, 0.15) is 45.4 Å². The van der Waals surface area contributed by atoms with Gasteiger partial charge in [0.15, 0.2) is 0 Å². The van der Waals surface area contributed by atoms with E-state index in [9.17, 15) is 4.79 Å². The van der Waals surface area contributed by atoms with Crippen LogP contribution in [0.4, 0.5) is 0 Å². The Bertz CT molecular complexity index is 252. The summed E-state index contributed by atoms with van der Waals surface area (Å²) < 4.78 is 0. The molecule has 1 aliphatic carbocycles. The highest BCUT2D eigenvalue weighted by Crippen LogP contribution is 2.31. The third-order valence-corrected chi connectivity index (χ3v) is 2.87. The number of hydrogen-bond acceptors (Lipinski definition) is 2. The summed E-state index contributed by atoms with van der Waals surface area (Å²) in [4.78, 5) is 16.0. The van der Waals surface area contributed by atoms with Gasteiger partial charge in [-0.25, -0.2) is 0 Å². The van der Waals surface area contributed by atoms with Crippen molar-refractivity contribution < 1.29 is 4.79 Å². The first-order valence-corrected chi connectivity index (χ1v) is 5.07.